The minimum atomic E-state index is -0.932. The van der Waals surface area contributed by atoms with E-state index in [0.29, 0.717) is 11.1 Å². The van der Waals surface area contributed by atoms with Gasteiger partial charge >= 0.3 is 11.9 Å². The van der Waals surface area contributed by atoms with Gasteiger partial charge in [0.25, 0.3) is 0 Å². The number of benzene rings is 2. The van der Waals surface area contributed by atoms with Crippen LogP contribution in [0.3, 0.4) is 0 Å². The Morgan fingerprint density at radius 1 is 0.968 bits per heavy atom. The van der Waals surface area contributed by atoms with Crippen LogP contribution >= 0.6 is 11.8 Å². The van der Waals surface area contributed by atoms with E-state index in [4.69, 9.17) is 14.2 Å². The fraction of sp³-hybridized carbons (Fsp3) is 0.333. The molecule has 0 aromatic heterocycles. The summed E-state index contributed by atoms with van der Waals surface area (Å²) >= 11 is 1.15. The van der Waals surface area contributed by atoms with Gasteiger partial charge in [0.05, 0.1) is 23.0 Å². The third kappa shape index (κ3) is 5.97. The fourth-order valence-electron chi connectivity index (χ4n) is 3.15. The minimum absolute atomic E-state index is 0.0335. The van der Waals surface area contributed by atoms with E-state index in [1.165, 1.54) is 0 Å². The normalized spacial score (nSPS) is 22.7. The lowest BCUT2D eigenvalue weighted by atomic mass is 10.1. The van der Waals surface area contributed by atoms with Crippen molar-refractivity contribution in [1.29, 1.82) is 0 Å². The number of hydrogen-bond acceptors (Lipinski definition) is 7. The standard InChI is InChI=1S/C24H26O6S/c1-4-13-28-21-20(30-23(26)18-11-7-16(3)8-12-18)19(31-24(21)27)14-29-22(25)17-9-5-15(2)6-10-17/h4-12,19-21,24,27H,1,13-14H2,2-3H3/t19-,20+,21+,24?/m1/s1. The van der Waals surface area contributed by atoms with Crippen molar-refractivity contribution in [3.63, 3.8) is 0 Å². The second-order valence-corrected chi connectivity index (χ2v) is 8.71. The second kappa shape index (κ2) is 10.6. The molecule has 1 fully saturated rings. The summed E-state index contributed by atoms with van der Waals surface area (Å²) in [6, 6.07) is 14.1. The molecule has 1 aliphatic rings. The molecule has 1 heterocycles. The monoisotopic (exact) mass is 442 g/mol. The molecular weight excluding hydrogens is 416 g/mol. The SMILES string of the molecule is C=CCO[C@@H]1C(O)S[C@H](COC(=O)c2ccc(C)cc2)[C@@H]1OC(=O)c1ccc(C)cc1. The first-order valence-corrected chi connectivity index (χ1v) is 10.9. The number of ether oxygens (including phenoxy) is 3. The van der Waals surface area contributed by atoms with Gasteiger partial charge < -0.3 is 19.3 Å². The van der Waals surface area contributed by atoms with E-state index in [-0.39, 0.29) is 13.2 Å². The summed E-state index contributed by atoms with van der Waals surface area (Å²) in [6.45, 7) is 7.63. The molecule has 6 nitrogen and oxygen atoms in total. The Morgan fingerprint density at radius 3 is 2.06 bits per heavy atom. The molecule has 0 aliphatic carbocycles. The predicted molar refractivity (Wildman–Crippen MR) is 119 cm³/mol. The van der Waals surface area contributed by atoms with Gasteiger partial charge in [0, 0.05) is 0 Å². The van der Waals surface area contributed by atoms with Crippen molar-refractivity contribution in [2.75, 3.05) is 13.2 Å². The molecule has 1 unspecified atom stereocenters. The zero-order chi connectivity index (χ0) is 22.4. The second-order valence-electron chi connectivity index (χ2n) is 7.35. The van der Waals surface area contributed by atoms with Crippen molar-refractivity contribution < 1.29 is 28.9 Å². The summed E-state index contributed by atoms with van der Waals surface area (Å²) in [6.07, 6.45) is 0.00102. The third-order valence-electron chi connectivity index (χ3n) is 4.89. The highest BCUT2D eigenvalue weighted by Gasteiger charge is 2.47. The lowest BCUT2D eigenvalue weighted by Gasteiger charge is -2.24. The van der Waals surface area contributed by atoms with Crippen LogP contribution in [-0.4, -0.2) is 53.2 Å². The molecule has 0 spiro atoms. The number of aryl methyl sites for hydroxylation is 2. The Hall–Kier alpha value is -2.61. The van der Waals surface area contributed by atoms with Crippen LogP contribution < -0.4 is 0 Å². The van der Waals surface area contributed by atoms with Crippen LogP contribution in [0.4, 0.5) is 0 Å². The maximum absolute atomic E-state index is 12.7. The fourth-order valence-corrected chi connectivity index (χ4v) is 4.41. The average molecular weight is 443 g/mol. The summed E-state index contributed by atoms with van der Waals surface area (Å²) < 4.78 is 16.8. The highest BCUT2D eigenvalue weighted by molar-refractivity contribution is 8.00. The highest BCUT2D eigenvalue weighted by Crippen LogP contribution is 2.37. The van der Waals surface area contributed by atoms with Crippen LogP contribution in [0.15, 0.2) is 61.2 Å². The van der Waals surface area contributed by atoms with E-state index >= 15 is 0 Å². The van der Waals surface area contributed by atoms with Gasteiger partial charge in [-0.3, -0.25) is 0 Å². The summed E-state index contributed by atoms with van der Waals surface area (Å²) in [5, 5.41) is 9.98. The van der Waals surface area contributed by atoms with E-state index in [0.717, 1.165) is 22.9 Å². The average Bonchev–Trinajstić information content (AvgIpc) is 3.05. The third-order valence-corrected chi connectivity index (χ3v) is 6.19. The number of esters is 2. The predicted octanol–water partition coefficient (Wildman–Crippen LogP) is 3.69. The van der Waals surface area contributed by atoms with Crippen molar-refractivity contribution in [3.05, 3.63) is 83.4 Å². The summed E-state index contributed by atoms with van der Waals surface area (Å²) in [5.74, 6) is -1.00. The van der Waals surface area contributed by atoms with Crippen molar-refractivity contribution in [2.45, 2.75) is 36.7 Å². The molecule has 3 rings (SSSR count). The van der Waals surface area contributed by atoms with Gasteiger partial charge in [0.1, 0.15) is 24.3 Å². The molecule has 31 heavy (non-hydrogen) atoms. The van der Waals surface area contributed by atoms with E-state index in [1.807, 2.05) is 38.1 Å². The molecule has 0 saturated carbocycles. The Kier molecular flexibility index (Phi) is 7.90. The van der Waals surface area contributed by atoms with Crippen molar-refractivity contribution >= 4 is 23.7 Å². The molecule has 164 valence electrons. The van der Waals surface area contributed by atoms with Crippen LogP contribution in [0, 0.1) is 13.8 Å². The molecule has 1 N–H and O–H groups in total. The quantitative estimate of drug-likeness (QED) is 0.493. The topological polar surface area (TPSA) is 82.1 Å². The van der Waals surface area contributed by atoms with E-state index in [2.05, 4.69) is 6.58 Å². The Balaban J connectivity index is 1.70. The number of rotatable bonds is 8. The first kappa shape index (κ1) is 23.1. The molecule has 2 aromatic rings. The molecule has 0 bridgehead atoms. The van der Waals surface area contributed by atoms with Gasteiger partial charge in [0.2, 0.25) is 0 Å². The van der Waals surface area contributed by atoms with E-state index in [1.54, 1.807) is 30.3 Å². The van der Waals surface area contributed by atoms with Gasteiger partial charge in [-0.25, -0.2) is 9.59 Å². The first-order valence-electron chi connectivity index (χ1n) is 9.96. The lowest BCUT2D eigenvalue weighted by Crippen LogP contribution is -2.40. The molecule has 1 aliphatic heterocycles. The maximum atomic E-state index is 12.7. The van der Waals surface area contributed by atoms with Crippen molar-refractivity contribution in [2.24, 2.45) is 0 Å². The maximum Gasteiger partial charge on any atom is 0.338 e. The van der Waals surface area contributed by atoms with Crippen LogP contribution in [-0.2, 0) is 14.2 Å². The van der Waals surface area contributed by atoms with E-state index in [9.17, 15) is 14.7 Å². The molecular formula is C24H26O6S. The molecule has 0 radical (unpaired) electrons. The Bertz CT molecular complexity index is 909. The van der Waals surface area contributed by atoms with Crippen LogP contribution in [0.5, 0.6) is 0 Å². The molecule has 2 aromatic carbocycles. The molecule has 1 saturated heterocycles. The lowest BCUT2D eigenvalue weighted by molar-refractivity contribution is -0.0685. The van der Waals surface area contributed by atoms with Gasteiger partial charge in [-0.05, 0) is 38.1 Å². The number of carbonyl (C=O) groups excluding carboxylic acids is 2. The zero-order valence-electron chi connectivity index (χ0n) is 17.5. The van der Waals surface area contributed by atoms with Gasteiger partial charge in [-0.15, -0.1) is 18.3 Å². The zero-order valence-corrected chi connectivity index (χ0v) is 18.3. The molecule has 4 atom stereocenters. The van der Waals surface area contributed by atoms with Gasteiger partial charge in [0.15, 0.2) is 0 Å². The van der Waals surface area contributed by atoms with E-state index < -0.39 is 34.8 Å². The molecule has 0 amide bonds. The summed E-state index contributed by atoms with van der Waals surface area (Å²) in [5.41, 5.74) is 1.96. The van der Waals surface area contributed by atoms with Crippen LogP contribution in [0.2, 0.25) is 0 Å². The Morgan fingerprint density at radius 2 is 1.52 bits per heavy atom. The summed E-state index contributed by atoms with van der Waals surface area (Å²) in [4.78, 5) is 25.1. The number of hydrogen-bond donors (Lipinski definition) is 1. The van der Waals surface area contributed by atoms with Crippen LogP contribution in [0.1, 0.15) is 31.8 Å². The smallest absolute Gasteiger partial charge is 0.338 e. The van der Waals surface area contributed by atoms with Crippen molar-refractivity contribution in [3.8, 4) is 0 Å². The number of aliphatic hydroxyl groups is 1. The minimum Gasteiger partial charge on any atom is -0.461 e. The van der Waals surface area contributed by atoms with Crippen molar-refractivity contribution in [1.82, 2.24) is 0 Å². The number of aliphatic hydroxyl groups excluding tert-OH is 1. The largest absolute Gasteiger partial charge is 0.461 e. The van der Waals surface area contributed by atoms with Gasteiger partial charge in [-0.2, -0.15) is 0 Å². The number of thioether (sulfide) groups is 1. The number of carbonyl (C=O) groups is 2. The summed E-state index contributed by atoms with van der Waals surface area (Å²) in [7, 11) is 0. The first-order chi connectivity index (χ1) is 14.9. The Labute approximate surface area is 186 Å². The van der Waals surface area contributed by atoms with Crippen LogP contribution in [0.25, 0.3) is 0 Å². The molecule has 7 heteroatoms. The van der Waals surface area contributed by atoms with Gasteiger partial charge in [-0.1, -0.05) is 41.5 Å². The highest BCUT2D eigenvalue weighted by atomic mass is 32.2.